The number of nitrogens with zero attached hydrogens (tertiary/aromatic N) is 3. The molecule has 0 fully saturated rings. The average molecular weight is 641 g/mol. The van der Waals surface area contributed by atoms with E-state index in [4.69, 9.17) is 14.7 Å². The molecule has 47 heavy (non-hydrogen) atoms. The maximum Gasteiger partial charge on any atom is 0.339 e. The van der Waals surface area contributed by atoms with Gasteiger partial charge >= 0.3 is 5.97 Å². The molecule has 1 aliphatic rings. The normalized spacial score (nSPS) is 13.4. The summed E-state index contributed by atoms with van der Waals surface area (Å²) in [4.78, 5) is 46.8. The fourth-order valence-electron chi connectivity index (χ4n) is 5.85. The lowest BCUT2D eigenvalue weighted by Gasteiger charge is -2.22. The third-order valence-corrected chi connectivity index (χ3v) is 9.18. The van der Waals surface area contributed by atoms with Crippen molar-refractivity contribution in [3.63, 3.8) is 0 Å². The minimum absolute atomic E-state index is 0.0194. The molecule has 0 saturated heterocycles. The first-order valence-corrected chi connectivity index (χ1v) is 16.0. The van der Waals surface area contributed by atoms with Crippen molar-refractivity contribution >= 4 is 67.4 Å². The van der Waals surface area contributed by atoms with E-state index in [1.165, 1.54) is 17.7 Å². The number of thiazole rings is 1. The zero-order chi connectivity index (χ0) is 32.5. The topological polar surface area (TPSA) is 124 Å². The number of carbonyl (C=O) groups is 2. The summed E-state index contributed by atoms with van der Waals surface area (Å²) in [6.45, 7) is 1.61. The molecule has 7 rings (SSSR count). The monoisotopic (exact) mass is 640 g/mol. The summed E-state index contributed by atoms with van der Waals surface area (Å²) in [5, 5.41) is 15.5. The lowest BCUT2D eigenvalue weighted by Crippen LogP contribution is -2.22. The van der Waals surface area contributed by atoms with Crippen LogP contribution in [0.2, 0.25) is 0 Å². The first-order chi connectivity index (χ1) is 22.8. The molecule has 0 saturated carbocycles. The van der Waals surface area contributed by atoms with E-state index in [-0.39, 0.29) is 5.69 Å². The van der Waals surface area contributed by atoms with E-state index < -0.39 is 23.4 Å². The van der Waals surface area contributed by atoms with Crippen molar-refractivity contribution in [2.45, 2.75) is 26.2 Å². The van der Waals surface area contributed by atoms with Crippen LogP contribution in [0.4, 0.5) is 11.4 Å². The zero-order valence-corrected chi connectivity index (χ0v) is 26.2. The maximum atomic E-state index is 13.6. The minimum Gasteiger partial charge on any atom is -0.452 e. The molecule has 9 nitrogen and oxygen atoms in total. The summed E-state index contributed by atoms with van der Waals surface area (Å²) in [6, 6.07) is 27.3. The Kier molecular flexibility index (Phi) is 8.01. The number of nitrogens with one attached hydrogen (secondary N) is 1. The van der Waals surface area contributed by atoms with Gasteiger partial charge in [0.15, 0.2) is 6.61 Å². The first-order valence-electron chi connectivity index (χ1n) is 15.1. The number of aromatic nitrogens is 2. The third kappa shape index (κ3) is 6.23. The number of para-hydroxylation sites is 1. The fraction of sp³-hybridized carbons (Fsp3) is 0.135. The SMILES string of the molecule is Cc1ccc2nc(-c3ccc(NC(=O)COC(=O)c4c5c(nc6ccccc46)/C(=C\c4ccc([N+](=O)[O-])cc4)CCC5)cc3)sc2c1. The predicted molar refractivity (Wildman–Crippen MR) is 184 cm³/mol. The summed E-state index contributed by atoms with van der Waals surface area (Å²) in [6.07, 6.45) is 4.11. The molecular weight excluding hydrogens is 612 g/mol. The lowest BCUT2D eigenvalue weighted by atomic mass is 9.86. The second-order valence-electron chi connectivity index (χ2n) is 11.4. The van der Waals surface area contributed by atoms with Crippen LogP contribution in [0.25, 0.3) is 43.3 Å². The van der Waals surface area contributed by atoms with Gasteiger partial charge in [-0.2, -0.15) is 0 Å². The molecule has 1 amide bonds. The van der Waals surface area contributed by atoms with Crippen molar-refractivity contribution in [2.24, 2.45) is 0 Å². The number of allylic oxidation sites excluding steroid dienone is 1. The Labute approximate surface area is 273 Å². The van der Waals surface area contributed by atoms with Crippen molar-refractivity contribution in [1.29, 1.82) is 0 Å². The number of pyridine rings is 1. The highest BCUT2D eigenvalue weighted by molar-refractivity contribution is 7.21. The molecule has 2 aromatic heterocycles. The number of benzene rings is 4. The Bertz CT molecular complexity index is 2220. The van der Waals surface area contributed by atoms with Crippen molar-refractivity contribution in [2.75, 3.05) is 11.9 Å². The molecular formula is C37H28N4O5S. The molecule has 232 valence electrons. The van der Waals surface area contributed by atoms with E-state index >= 15 is 0 Å². The minimum atomic E-state index is -0.590. The Morgan fingerprint density at radius 1 is 0.957 bits per heavy atom. The van der Waals surface area contributed by atoms with Gasteiger partial charge in [0.1, 0.15) is 5.01 Å². The molecule has 0 unspecified atom stereocenters. The number of anilines is 1. The molecule has 0 aliphatic heterocycles. The second-order valence-corrected chi connectivity index (χ2v) is 12.4. The van der Waals surface area contributed by atoms with Crippen LogP contribution in [0, 0.1) is 17.0 Å². The van der Waals surface area contributed by atoms with Crippen LogP contribution in [0.5, 0.6) is 0 Å². The maximum absolute atomic E-state index is 13.6. The third-order valence-electron chi connectivity index (χ3n) is 8.11. The highest BCUT2D eigenvalue weighted by Crippen LogP contribution is 2.37. The van der Waals surface area contributed by atoms with E-state index in [9.17, 15) is 19.7 Å². The number of aryl methyl sites for hydroxylation is 1. The highest BCUT2D eigenvalue weighted by Gasteiger charge is 2.26. The second kappa shape index (κ2) is 12.6. The zero-order valence-electron chi connectivity index (χ0n) is 25.4. The number of non-ortho nitro benzene ring substituents is 1. The van der Waals surface area contributed by atoms with Gasteiger partial charge in [0.05, 0.1) is 31.9 Å². The molecule has 2 heterocycles. The van der Waals surface area contributed by atoms with Crippen LogP contribution in [-0.4, -0.2) is 33.4 Å². The van der Waals surface area contributed by atoms with Gasteiger partial charge in [-0.3, -0.25) is 14.9 Å². The molecule has 6 aromatic rings. The number of carbonyl (C=O) groups excluding carboxylic acids is 2. The van der Waals surface area contributed by atoms with Crippen LogP contribution < -0.4 is 5.32 Å². The van der Waals surface area contributed by atoms with Crippen LogP contribution in [-0.2, 0) is 16.0 Å². The summed E-state index contributed by atoms with van der Waals surface area (Å²) in [5.41, 5.74) is 7.95. The van der Waals surface area contributed by atoms with Gasteiger partial charge in [0.25, 0.3) is 11.6 Å². The smallest absolute Gasteiger partial charge is 0.339 e. The molecule has 1 N–H and O–H groups in total. The number of amides is 1. The van der Waals surface area contributed by atoms with Crippen molar-refractivity contribution in [3.05, 3.63) is 129 Å². The Morgan fingerprint density at radius 3 is 2.53 bits per heavy atom. The average Bonchev–Trinajstić information content (AvgIpc) is 3.50. The number of ether oxygens (including phenoxy) is 1. The van der Waals surface area contributed by atoms with E-state index in [1.807, 2.05) is 54.6 Å². The van der Waals surface area contributed by atoms with Crippen molar-refractivity contribution in [3.8, 4) is 10.6 Å². The van der Waals surface area contributed by atoms with E-state index in [1.54, 1.807) is 35.6 Å². The summed E-state index contributed by atoms with van der Waals surface area (Å²) < 4.78 is 6.72. The quantitative estimate of drug-likeness (QED) is 0.106. The van der Waals surface area contributed by atoms with Gasteiger partial charge < -0.3 is 10.1 Å². The van der Waals surface area contributed by atoms with E-state index in [0.717, 1.165) is 50.3 Å². The number of rotatable bonds is 7. The highest BCUT2D eigenvalue weighted by atomic mass is 32.1. The molecule has 10 heteroatoms. The van der Waals surface area contributed by atoms with E-state index in [2.05, 4.69) is 18.3 Å². The Morgan fingerprint density at radius 2 is 1.74 bits per heavy atom. The lowest BCUT2D eigenvalue weighted by molar-refractivity contribution is -0.384. The predicted octanol–water partition coefficient (Wildman–Crippen LogP) is 8.40. The number of fused-ring (bicyclic) bond motifs is 3. The summed E-state index contributed by atoms with van der Waals surface area (Å²) >= 11 is 1.62. The molecule has 0 atom stereocenters. The Hall–Kier alpha value is -5.74. The molecule has 0 bridgehead atoms. The molecule has 1 aliphatic carbocycles. The Balaban J connectivity index is 1.08. The number of hydrogen-bond donors (Lipinski definition) is 1. The molecule has 0 spiro atoms. The van der Waals surface area contributed by atoms with Gasteiger partial charge in [0.2, 0.25) is 0 Å². The largest absolute Gasteiger partial charge is 0.452 e. The standard InChI is InChI=1S/C37H28N4O5S/c1-22-9-18-31-32(19-22)47-36(40-31)24-12-14-26(15-13-24)38-33(42)21-46-37(43)34-28-6-2-3-8-30(28)39-35-25(5-4-7-29(34)35)20-23-10-16-27(17-11-23)41(44)45/h2-3,6,8-20H,4-5,7,21H2,1H3,(H,38,42)/b25-20-. The van der Waals surface area contributed by atoms with E-state index in [0.29, 0.717) is 34.3 Å². The first kappa shape index (κ1) is 29.9. The van der Waals surface area contributed by atoms with Gasteiger partial charge in [-0.15, -0.1) is 11.3 Å². The summed E-state index contributed by atoms with van der Waals surface area (Å²) in [5.74, 6) is -1.04. The number of hydrogen-bond acceptors (Lipinski definition) is 8. The number of nitro benzene ring substituents is 1. The number of nitro groups is 1. The fourth-order valence-corrected chi connectivity index (χ4v) is 6.92. The van der Waals surface area contributed by atoms with Crippen molar-refractivity contribution in [1.82, 2.24) is 9.97 Å². The van der Waals surface area contributed by atoms with Crippen molar-refractivity contribution < 1.29 is 19.2 Å². The summed E-state index contributed by atoms with van der Waals surface area (Å²) in [7, 11) is 0. The van der Waals surface area contributed by atoms with Gasteiger partial charge in [-0.1, -0.05) is 24.3 Å². The van der Waals surface area contributed by atoms with Crippen LogP contribution in [0.3, 0.4) is 0 Å². The van der Waals surface area contributed by atoms with Crippen LogP contribution in [0.15, 0.2) is 91.0 Å². The molecule has 4 aromatic carbocycles. The van der Waals surface area contributed by atoms with Crippen LogP contribution >= 0.6 is 11.3 Å². The molecule has 0 radical (unpaired) electrons. The van der Waals surface area contributed by atoms with Crippen LogP contribution in [0.1, 0.15) is 45.6 Å². The number of esters is 1. The van der Waals surface area contributed by atoms with Gasteiger partial charge in [0, 0.05) is 28.8 Å². The van der Waals surface area contributed by atoms with Gasteiger partial charge in [-0.05, 0) is 109 Å². The van der Waals surface area contributed by atoms with Gasteiger partial charge in [-0.25, -0.2) is 14.8 Å².